The highest BCUT2D eigenvalue weighted by Gasteiger charge is 2.40. The zero-order valence-corrected chi connectivity index (χ0v) is 12.9. The van der Waals surface area contributed by atoms with E-state index in [-0.39, 0.29) is 0 Å². The van der Waals surface area contributed by atoms with E-state index in [0.29, 0.717) is 30.2 Å². The second kappa shape index (κ2) is 5.33. The number of carbonyl (C=O) groups is 1. The van der Waals surface area contributed by atoms with Gasteiger partial charge in [-0.3, -0.25) is 4.79 Å². The van der Waals surface area contributed by atoms with Crippen molar-refractivity contribution in [2.75, 3.05) is 7.05 Å². The van der Waals surface area contributed by atoms with Crippen LogP contribution < -0.4 is 0 Å². The average Bonchev–Trinajstić information content (AvgIpc) is 2.65. The number of aryl methyl sites for hydroxylation is 2. The number of hydrogen-bond donors (Lipinski definition) is 0. The van der Waals surface area contributed by atoms with E-state index in [9.17, 15) is 4.79 Å². The second-order valence-electron chi connectivity index (χ2n) is 6.78. The maximum absolute atomic E-state index is 12.6. The fourth-order valence-electron chi connectivity index (χ4n) is 3.93. The van der Waals surface area contributed by atoms with Crippen LogP contribution in [0.3, 0.4) is 0 Å². The maximum Gasteiger partial charge on any atom is 0.140 e. The van der Waals surface area contributed by atoms with Gasteiger partial charge in [0.25, 0.3) is 0 Å². The molecule has 2 saturated heterocycles. The summed E-state index contributed by atoms with van der Waals surface area (Å²) in [5, 5.41) is 0. The van der Waals surface area contributed by atoms with Crippen LogP contribution in [-0.2, 0) is 11.2 Å². The molecule has 0 spiro atoms. The van der Waals surface area contributed by atoms with Crippen molar-refractivity contribution in [2.45, 2.75) is 58.0 Å². The van der Waals surface area contributed by atoms with Crippen LogP contribution in [0.4, 0.5) is 0 Å². The van der Waals surface area contributed by atoms with Gasteiger partial charge in [0, 0.05) is 24.4 Å². The largest absolute Gasteiger partial charge is 0.300 e. The first kappa shape index (κ1) is 13.8. The highest BCUT2D eigenvalue weighted by Crippen LogP contribution is 2.38. The van der Waals surface area contributed by atoms with Crippen LogP contribution >= 0.6 is 0 Å². The number of ketones is 1. The molecule has 2 bridgehead atoms. The minimum atomic E-state index is 0.297. The molecule has 1 aromatic carbocycles. The summed E-state index contributed by atoms with van der Waals surface area (Å²) < 4.78 is 0. The van der Waals surface area contributed by atoms with Gasteiger partial charge in [-0.15, -0.1) is 0 Å². The predicted molar refractivity (Wildman–Crippen MR) is 81.9 cm³/mol. The lowest BCUT2D eigenvalue weighted by Gasteiger charge is -2.35. The third-order valence-corrected chi connectivity index (χ3v) is 5.50. The topological polar surface area (TPSA) is 20.3 Å². The van der Waals surface area contributed by atoms with Crippen molar-refractivity contribution in [3.8, 4) is 0 Å². The third-order valence-electron chi connectivity index (χ3n) is 5.50. The number of nitrogens with zero attached hydrogens (tertiary/aromatic N) is 1. The molecule has 20 heavy (non-hydrogen) atoms. The second-order valence-corrected chi connectivity index (χ2v) is 6.78. The number of hydrogen-bond acceptors (Lipinski definition) is 2. The Morgan fingerprint density at radius 1 is 1.15 bits per heavy atom. The molecule has 2 heterocycles. The first-order chi connectivity index (χ1) is 9.54. The summed E-state index contributed by atoms with van der Waals surface area (Å²) >= 11 is 0. The van der Waals surface area contributed by atoms with Gasteiger partial charge in [-0.1, -0.05) is 18.2 Å². The van der Waals surface area contributed by atoms with Crippen molar-refractivity contribution in [3.05, 3.63) is 34.9 Å². The van der Waals surface area contributed by atoms with Crippen LogP contribution in [0.1, 0.15) is 42.4 Å². The normalized spacial score (nSPS) is 29.6. The van der Waals surface area contributed by atoms with Crippen molar-refractivity contribution in [2.24, 2.45) is 5.92 Å². The Bertz CT molecular complexity index is 508. The van der Waals surface area contributed by atoms with E-state index in [0.717, 1.165) is 12.8 Å². The van der Waals surface area contributed by atoms with E-state index in [1.165, 1.54) is 29.5 Å². The van der Waals surface area contributed by atoms with Gasteiger partial charge in [-0.25, -0.2) is 0 Å². The van der Waals surface area contributed by atoms with E-state index >= 15 is 0 Å². The molecule has 3 rings (SSSR count). The maximum atomic E-state index is 12.6. The molecule has 1 aromatic rings. The smallest absolute Gasteiger partial charge is 0.140 e. The van der Waals surface area contributed by atoms with Gasteiger partial charge >= 0.3 is 0 Å². The summed E-state index contributed by atoms with van der Waals surface area (Å²) in [6, 6.07) is 7.74. The van der Waals surface area contributed by atoms with Crippen LogP contribution in [0.15, 0.2) is 18.2 Å². The molecule has 0 radical (unpaired) electrons. The summed E-state index contributed by atoms with van der Waals surface area (Å²) in [4.78, 5) is 15.1. The predicted octanol–water partition coefficient (Wildman–Crippen LogP) is 3.29. The first-order valence-corrected chi connectivity index (χ1v) is 7.85. The van der Waals surface area contributed by atoms with Crippen LogP contribution in [-0.4, -0.2) is 29.8 Å². The molecular weight excluding hydrogens is 246 g/mol. The van der Waals surface area contributed by atoms with E-state index in [1.54, 1.807) is 0 Å². The summed E-state index contributed by atoms with van der Waals surface area (Å²) in [6.45, 7) is 4.24. The number of Topliss-reactive ketones (excluding diaryl/α,β-unsaturated/α-hetero) is 1. The van der Waals surface area contributed by atoms with E-state index in [4.69, 9.17) is 0 Å². The Morgan fingerprint density at radius 3 is 2.40 bits per heavy atom. The molecule has 108 valence electrons. The van der Waals surface area contributed by atoms with E-state index in [1.807, 2.05) is 0 Å². The number of benzene rings is 1. The number of piperidine rings is 1. The summed E-state index contributed by atoms with van der Waals surface area (Å²) in [7, 11) is 2.23. The van der Waals surface area contributed by atoms with E-state index < -0.39 is 0 Å². The Hall–Kier alpha value is -1.15. The standard InChI is InChI=1S/C18H25NO/c1-12-4-5-14(8-13(12)2)9-18(20)15-10-16-6-7-17(11-15)19(16)3/h4-5,8,15-17H,6-7,9-11H2,1-3H3. The van der Waals surface area contributed by atoms with Crippen molar-refractivity contribution >= 4 is 5.78 Å². The molecule has 2 heteroatoms. The first-order valence-electron chi connectivity index (χ1n) is 7.85. The Balaban J connectivity index is 1.66. The van der Waals surface area contributed by atoms with Gasteiger partial charge < -0.3 is 4.90 Å². The fraction of sp³-hybridized carbons (Fsp3) is 0.611. The highest BCUT2D eigenvalue weighted by atomic mass is 16.1. The lowest BCUT2D eigenvalue weighted by Crippen LogP contribution is -2.42. The van der Waals surface area contributed by atoms with Crippen molar-refractivity contribution < 1.29 is 4.79 Å². The Kier molecular flexibility index (Phi) is 3.68. The number of carbonyl (C=O) groups excluding carboxylic acids is 1. The average molecular weight is 271 g/mol. The summed E-state index contributed by atoms with van der Waals surface area (Å²) in [5.41, 5.74) is 3.78. The fourth-order valence-corrected chi connectivity index (χ4v) is 3.93. The van der Waals surface area contributed by atoms with Crippen LogP contribution in [0.25, 0.3) is 0 Å². The van der Waals surface area contributed by atoms with Gasteiger partial charge in [-0.2, -0.15) is 0 Å². The van der Waals surface area contributed by atoms with Gasteiger partial charge in [0.1, 0.15) is 5.78 Å². The zero-order chi connectivity index (χ0) is 14.3. The Labute approximate surface area is 122 Å². The molecule has 0 aliphatic carbocycles. The van der Waals surface area contributed by atoms with E-state index in [2.05, 4.69) is 44.0 Å². The van der Waals surface area contributed by atoms with Gasteiger partial charge in [-0.05, 0) is 63.3 Å². The van der Waals surface area contributed by atoms with Gasteiger partial charge in [0.2, 0.25) is 0 Å². The number of fused-ring (bicyclic) bond motifs is 2. The molecule has 2 aliphatic rings. The van der Waals surface area contributed by atoms with Crippen molar-refractivity contribution in [3.63, 3.8) is 0 Å². The quantitative estimate of drug-likeness (QED) is 0.841. The summed E-state index contributed by atoms with van der Waals surface area (Å²) in [5.74, 6) is 0.753. The van der Waals surface area contributed by atoms with Gasteiger partial charge in [0.05, 0.1) is 0 Å². The van der Waals surface area contributed by atoms with Gasteiger partial charge in [0.15, 0.2) is 0 Å². The molecular formula is C18H25NO. The third kappa shape index (κ3) is 2.54. The monoisotopic (exact) mass is 271 g/mol. The Morgan fingerprint density at radius 2 is 1.80 bits per heavy atom. The van der Waals surface area contributed by atoms with Crippen molar-refractivity contribution in [1.82, 2.24) is 4.90 Å². The lowest BCUT2D eigenvalue weighted by molar-refractivity contribution is -0.124. The van der Waals surface area contributed by atoms with Crippen molar-refractivity contribution in [1.29, 1.82) is 0 Å². The minimum Gasteiger partial charge on any atom is -0.300 e. The highest BCUT2D eigenvalue weighted by molar-refractivity contribution is 5.83. The number of rotatable bonds is 3. The molecule has 2 fully saturated rings. The minimum absolute atomic E-state index is 0.297. The lowest BCUT2D eigenvalue weighted by atomic mass is 9.85. The molecule has 2 nitrogen and oxygen atoms in total. The molecule has 0 amide bonds. The van der Waals surface area contributed by atoms with Crippen LogP contribution in [0, 0.1) is 19.8 Å². The molecule has 2 atom stereocenters. The molecule has 2 aliphatic heterocycles. The molecule has 2 unspecified atom stereocenters. The molecule has 0 aromatic heterocycles. The molecule has 0 N–H and O–H groups in total. The zero-order valence-electron chi connectivity index (χ0n) is 12.9. The van der Waals surface area contributed by atoms with Crippen LogP contribution in [0.5, 0.6) is 0 Å². The molecule has 0 saturated carbocycles. The summed E-state index contributed by atoms with van der Waals surface area (Å²) in [6.07, 6.45) is 5.35. The van der Waals surface area contributed by atoms with Crippen LogP contribution in [0.2, 0.25) is 0 Å². The SMILES string of the molecule is Cc1ccc(CC(=O)C2CC3CCC(C2)N3C)cc1C.